The van der Waals surface area contributed by atoms with E-state index in [1.54, 1.807) is 12.3 Å². The van der Waals surface area contributed by atoms with E-state index in [1.165, 1.54) is 6.07 Å². The van der Waals surface area contributed by atoms with Gasteiger partial charge in [-0.3, -0.25) is 4.98 Å². The van der Waals surface area contributed by atoms with Crippen LogP contribution in [-0.4, -0.2) is 9.97 Å². The predicted octanol–water partition coefficient (Wildman–Crippen LogP) is 2.11. The fourth-order valence-corrected chi connectivity index (χ4v) is 1.34. The number of pyridine rings is 2. The van der Waals surface area contributed by atoms with E-state index in [2.05, 4.69) is 25.9 Å². The molecule has 0 radical (unpaired) electrons. The van der Waals surface area contributed by atoms with Crippen LogP contribution in [0.15, 0.2) is 22.8 Å². The monoisotopic (exact) mass is 241 g/mol. The first-order valence-corrected chi connectivity index (χ1v) is 4.33. The van der Waals surface area contributed by atoms with Crippen LogP contribution in [0.4, 0.5) is 10.2 Å². The summed E-state index contributed by atoms with van der Waals surface area (Å²) in [6, 6.07) is 3.00. The van der Waals surface area contributed by atoms with Crippen molar-refractivity contribution in [3.63, 3.8) is 0 Å². The second-order valence-corrected chi connectivity index (χ2v) is 3.46. The number of nitrogens with zero attached hydrogens (tertiary/aromatic N) is 2. The van der Waals surface area contributed by atoms with E-state index < -0.39 is 5.82 Å². The number of anilines is 1. The standard InChI is InChI=1S/C8H5BrFN3/c9-4-1-7-6(12-3-4)2-5(10)8(11)13-7/h1-3H,(H2,11,13). The molecule has 2 N–H and O–H groups in total. The van der Waals surface area contributed by atoms with Gasteiger partial charge in [-0.2, -0.15) is 0 Å². The van der Waals surface area contributed by atoms with E-state index in [0.717, 1.165) is 4.47 Å². The third kappa shape index (κ3) is 1.47. The molecule has 0 spiro atoms. The van der Waals surface area contributed by atoms with Gasteiger partial charge in [0.05, 0.1) is 11.0 Å². The van der Waals surface area contributed by atoms with Gasteiger partial charge in [-0.25, -0.2) is 9.37 Å². The molecule has 0 aliphatic heterocycles. The van der Waals surface area contributed by atoms with Crippen molar-refractivity contribution < 1.29 is 4.39 Å². The van der Waals surface area contributed by atoms with Crippen molar-refractivity contribution >= 4 is 32.8 Å². The Labute approximate surface area is 81.9 Å². The number of hydrogen-bond acceptors (Lipinski definition) is 3. The summed E-state index contributed by atoms with van der Waals surface area (Å²) in [5, 5.41) is 0. The van der Waals surface area contributed by atoms with Crippen molar-refractivity contribution in [3.8, 4) is 0 Å². The number of hydrogen-bond donors (Lipinski definition) is 1. The van der Waals surface area contributed by atoms with Gasteiger partial charge in [-0.15, -0.1) is 0 Å². The molecule has 0 atom stereocenters. The maximum Gasteiger partial charge on any atom is 0.167 e. The van der Waals surface area contributed by atoms with Crippen LogP contribution in [-0.2, 0) is 0 Å². The summed E-state index contributed by atoms with van der Waals surface area (Å²) in [7, 11) is 0. The van der Waals surface area contributed by atoms with E-state index in [4.69, 9.17) is 5.73 Å². The first-order chi connectivity index (χ1) is 6.16. The summed E-state index contributed by atoms with van der Waals surface area (Å²) < 4.78 is 13.7. The third-order valence-electron chi connectivity index (χ3n) is 1.61. The zero-order valence-corrected chi connectivity index (χ0v) is 8.05. The highest BCUT2D eigenvalue weighted by Crippen LogP contribution is 2.18. The lowest BCUT2D eigenvalue weighted by molar-refractivity contribution is 0.629. The van der Waals surface area contributed by atoms with Gasteiger partial charge in [-0.05, 0) is 22.0 Å². The molecule has 2 rings (SSSR count). The molecule has 0 saturated heterocycles. The second kappa shape index (κ2) is 2.92. The Kier molecular flexibility index (Phi) is 1.88. The first kappa shape index (κ1) is 8.37. The summed E-state index contributed by atoms with van der Waals surface area (Å²) in [5.74, 6) is -0.644. The minimum atomic E-state index is -0.540. The highest BCUT2D eigenvalue weighted by atomic mass is 79.9. The van der Waals surface area contributed by atoms with Gasteiger partial charge in [0, 0.05) is 16.7 Å². The van der Waals surface area contributed by atoms with Gasteiger partial charge >= 0.3 is 0 Å². The molecule has 0 aromatic carbocycles. The number of aromatic nitrogens is 2. The van der Waals surface area contributed by atoms with Crippen molar-refractivity contribution in [2.75, 3.05) is 5.73 Å². The van der Waals surface area contributed by atoms with Gasteiger partial charge in [-0.1, -0.05) is 0 Å². The number of rotatable bonds is 0. The van der Waals surface area contributed by atoms with Gasteiger partial charge in [0.1, 0.15) is 0 Å². The van der Waals surface area contributed by atoms with Gasteiger partial charge in [0.15, 0.2) is 11.6 Å². The zero-order chi connectivity index (χ0) is 9.42. The Bertz CT molecular complexity index is 472. The minimum Gasteiger partial charge on any atom is -0.381 e. The average Bonchev–Trinajstić information content (AvgIpc) is 2.08. The lowest BCUT2D eigenvalue weighted by Crippen LogP contribution is -1.95. The van der Waals surface area contributed by atoms with Crippen molar-refractivity contribution in [1.29, 1.82) is 0 Å². The predicted molar refractivity (Wildman–Crippen MR) is 51.6 cm³/mol. The minimum absolute atomic E-state index is 0.104. The largest absolute Gasteiger partial charge is 0.381 e. The molecule has 66 valence electrons. The summed E-state index contributed by atoms with van der Waals surface area (Å²) in [4.78, 5) is 7.82. The molecule has 2 heterocycles. The number of nitrogens with two attached hydrogens (primary N) is 1. The molecule has 2 aromatic rings. The average molecular weight is 242 g/mol. The Morgan fingerprint density at radius 2 is 2.08 bits per heavy atom. The lowest BCUT2D eigenvalue weighted by Gasteiger charge is -1.99. The molecule has 0 fully saturated rings. The number of nitrogen functional groups attached to an aromatic ring is 1. The lowest BCUT2D eigenvalue weighted by atomic mass is 10.3. The van der Waals surface area contributed by atoms with Crippen LogP contribution < -0.4 is 5.73 Å². The highest BCUT2D eigenvalue weighted by Gasteiger charge is 2.03. The van der Waals surface area contributed by atoms with Crippen molar-refractivity contribution in [1.82, 2.24) is 9.97 Å². The molecular weight excluding hydrogens is 237 g/mol. The Balaban J connectivity index is 2.81. The van der Waals surface area contributed by atoms with Crippen LogP contribution >= 0.6 is 15.9 Å². The van der Waals surface area contributed by atoms with Crippen LogP contribution in [0.25, 0.3) is 11.0 Å². The summed E-state index contributed by atoms with van der Waals surface area (Å²) in [6.07, 6.45) is 1.58. The van der Waals surface area contributed by atoms with Gasteiger partial charge in [0.25, 0.3) is 0 Å². The van der Waals surface area contributed by atoms with Crippen molar-refractivity contribution in [2.45, 2.75) is 0 Å². The third-order valence-corrected chi connectivity index (χ3v) is 2.05. The molecular formula is C8H5BrFN3. The van der Waals surface area contributed by atoms with Gasteiger partial charge < -0.3 is 5.73 Å². The van der Waals surface area contributed by atoms with Crippen LogP contribution in [0.5, 0.6) is 0 Å². The molecule has 5 heteroatoms. The van der Waals surface area contributed by atoms with E-state index in [1.807, 2.05) is 0 Å². The van der Waals surface area contributed by atoms with Crippen molar-refractivity contribution in [3.05, 3.63) is 28.6 Å². The second-order valence-electron chi connectivity index (χ2n) is 2.55. The molecule has 0 saturated carbocycles. The molecule has 0 aliphatic carbocycles. The summed E-state index contributed by atoms with van der Waals surface area (Å²) in [5.41, 5.74) is 6.38. The van der Waals surface area contributed by atoms with E-state index >= 15 is 0 Å². The number of halogens is 2. The van der Waals surface area contributed by atoms with E-state index in [0.29, 0.717) is 11.0 Å². The normalized spacial score (nSPS) is 10.6. The SMILES string of the molecule is Nc1nc2cc(Br)cnc2cc1F. The molecule has 0 unspecified atom stereocenters. The quantitative estimate of drug-likeness (QED) is 0.769. The van der Waals surface area contributed by atoms with Crippen molar-refractivity contribution in [2.24, 2.45) is 0 Å². The zero-order valence-electron chi connectivity index (χ0n) is 6.46. The Morgan fingerprint density at radius 1 is 1.31 bits per heavy atom. The molecule has 0 bridgehead atoms. The van der Waals surface area contributed by atoms with E-state index in [-0.39, 0.29) is 5.82 Å². The van der Waals surface area contributed by atoms with Crippen LogP contribution in [0.1, 0.15) is 0 Å². The smallest absolute Gasteiger partial charge is 0.167 e. The molecule has 3 nitrogen and oxygen atoms in total. The summed E-state index contributed by atoms with van der Waals surface area (Å²) in [6.45, 7) is 0. The fraction of sp³-hybridized carbons (Fsp3) is 0. The van der Waals surface area contributed by atoms with Crippen LogP contribution in [0.3, 0.4) is 0 Å². The maximum absolute atomic E-state index is 12.9. The number of fused-ring (bicyclic) bond motifs is 1. The van der Waals surface area contributed by atoms with Crippen LogP contribution in [0.2, 0.25) is 0 Å². The Morgan fingerprint density at radius 3 is 2.85 bits per heavy atom. The fourth-order valence-electron chi connectivity index (χ4n) is 1.02. The maximum atomic E-state index is 12.9. The topological polar surface area (TPSA) is 51.8 Å². The van der Waals surface area contributed by atoms with Crippen LogP contribution in [0, 0.1) is 5.82 Å². The highest BCUT2D eigenvalue weighted by molar-refractivity contribution is 9.10. The molecule has 0 aliphatic rings. The first-order valence-electron chi connectivity index (χ1n) is 3.54. The molecule has 13 heavy (non-hydrogen) atoms. The van der Waals surface area contributed by atoms with E-state index in [9.17, 15) is 4.39 Å². The molecule has 0 amide bonds. The van der Waals surface area contributed by atoms with Gasteiger partial charge in [0.2, 0.25) is 0 Å². The Hall–Kier alpha value is -1.23. The summed E-state index contributed by atoms with van der Waals surface area (Å²) >= 11 is 3.24. The molecule has 2 aromatic heterocycles.